The van der Waals surface area contributed by atoms with E-state index in [1.54, 1.807) is 0 Å². The summed E-state index contributed by atoms with van der Waals surface area (Å²) in [5.74, 6) is -3.62. The highest BCUT2D eigenvalue weighted by molar-refractivity contribution is 5.83. The molecule has 0 spiro atoms. The Bertz CT molecular complexity index is 502. The Balaban J connectivity index is 2.57. The summed E-state index contributed by atoms with van der Waals surface area (Å²) in [5.41, 5.74) is -0.907. The van der Waals surface area contributed by atoms with E-state index in [1.165, 1.54) is 25.3 Å². The molecule has 1 N–H and O–H groups in total. The van der Waals surface area contributed by atoms with Gasteiger partial charge in [-0.05, 0) is 31.0 Å². The standard InChI is InChI=1S/C14H16F2O3/c1-13(15,16)9-4-5-11(19-2)10(8-9)14(12(17)18)6-3-7-14/h4-5,8H,3,6-7H2,1-2H3,(H,17,18). The minimum atomic E-state index is -3.00. The number of methoxy groups -OCH3 is 1. The lowest BCUT2D eigenvalue weighted by atomic mass is 9.64. The topological polar surface area (TPSA) is 46.5 Å². The molecule has 3 nitrogen and oxygen atoms in total. The third-order valence-electron chi connectivity index (χ3n) is 3.84. The van der Waals surface area contributed by atoms with E-state index >= 15 is 0 Å². The number of ether oxygens (including phenoxy) is 1. The number of hydrogen-bond acceptors (Lipinski definition) is 2. The third-order valence-corrected chi connectivity index (χ3v) is 3.84. The fourth-order valence-corrected chi connectivity index (χ4v) is 2.48. The molecule has 1 aliphatic rings. The van der Waals surface area contributed by atoms with Gasteiger partial charge in [-0.2, -0.15) is 0 Å². The minimum Gasteiger partial charge on any atom is -0.496 e. The van der Waals surface area contributed by atoms with E-state index < -0.39 is 17.3 Å². The molecule has 1 aromatic rings. The predicted molar refractivity (Wildman–Crippen MR) is 65.7 cm³/mol. The second-order valence-corrected chi connectivity index (χ2v) is 5.04. The zero-order valence-electron chi connectivity index (χ0n) is 10.9. The van der Waals surface area contributed by atoms with Crippen LogP contribution in [0.1, 0.15) is 37.3 Å². The number of benzene rings is 1. The number of aliphatic carboxylic acids is 1. The number of rotatable bonds is 4. The van der Waals surface area contributed by atoms with Crippen LogP contribution < -0.4 is 4.74 Å². The molecule has 0 radical (unpaired) electrons. The van der Waals surface area contributed by atoms with E-state index in [-0.39, 0.29) is 5.56 Å². The summed E-state index contributed by atoms with van der Waals surface area (Å²) in [6, 6.07) is 3.97. The van der Waals surface area contributed by atoms with Crippen molar-refractivity contribution in [3.63, 3.8) is 0 Å². The number of hydrogen-bond donors (Lipinski definition) is 1. The van der Waals surface area contributed by atoms with E-state index in [0.717, 1.165) is 13.3 Å². The molecule has 0 unspecified atom stereocenters. The van der Waals surface area contributed by atoms with E-state index in [4.69, 9.17) is 4.74 Å². The van der Waals surface area contributed by atoms with Gasteiger partial charge in [0.2, 0.25) is 0 Å². The smallest absolute Gasteiger partial charge is 0.314 e. The van der Waals surface area contributed by atoms with Gasteiger partial charge >= 0.3 is 5.97 Å². The highest BCUT2D eigenvalue weighted by atomic mass is 19.3. The monoisotopic (exact) mass is 270 g/mol. The highest BCUT2D eigenvalue weighted by Gasteiger charge is 2.48. The molecular weight excluding hydrogens is 254 g/mol. The molecule has 0 saturated heterocycles. The first-order valence-electron chi connectivity index (χ1n) is 6.11. The molecule has 1 aliphatic carbocycles. The fourth-order valence-electron chi connectivity index (χ4n) is 2.48. The van der Waals surface area contributed by atoms with Gasteiger partial charge in [-0.3, -0.25) is 4.79 Å². The molecule has 0 aromatic heterocycles. The van der Waals surface area contributed by atoms with E-state index in [9.17, 15) is 18.7 Å². The second-order valence-electron chi connectivity index (χ2n) is 5.04. The lowest BCUT2D eigenvalue weighted by Gasteiger charge is -2.39. The summed E-state index contributed by atoms with van der Waals surface area (Å²) in [4.78, 5) is 11.5. The van der Waals surface area contributed by atoms with Gasteiger partial charge in [0.15, 0.2) is 0 Å². The van der Waals surface area contributed by atoms with Crippen molar-refractivity contribution in [2.24, 2.45) is 0 Å². The number of alkyl halides is 2. The van der Waals surface area contributed by atoms with Crippen molar-refractivity contribution in [2.75, 3.05) is 7.11 Å². The molecule has 2 rings (SSSR count). The van der Waals surface area contributed by atoms with Crippen LogP contribution in [0.3, 0.4) is 0 Å². The summed E-state index contributed by atoms with van der Waals surface area (Å²) >= 11 is 0. The van der Waals surface area contributed by atoms with E-state index in [1.807, 2.05) is 0 Å². The molecule has 1 saturated carbocycles. The van der Waals surface area contributed by atoms with Crippen molar-refractivity contribution >= 4 is 5.97 Å². The SMILES string of the molecule is COc1ccc(C(C)(F)F)cc1C1(C(=O)O)CCC1. The molecule has 0 amide bonds. The van der Waals surface area contributed by atoms with Crippen molar-refractivity contribution in [1.29, 1.82) is 0 Å². The molecular formula is C14H16F2O3. The highest BCUT2D eigenvalue weighted by Crippen LogP contribution is 2.48. The Morgan fingerprint density at radius 1 is 1.42 bits per heavy atom. The summed E-state index contributed by atoms with van der Waals surface area (Å²) in [5, 5.41) is 9.41. The molecule has 5 heteroatoms. The molecule has 104 valence electrons. The largest absolute Gasteiger partial charge is 0.496 e. The van der Waals surface area contributed by atoms with Crippen LogP contribution in [0.5, 0.6) is 5.75 Å². The van der Waals surface area contributed by atoms with Crippen molar-refractivity contribution in [2.45, 2.75) is 37.5 Å². The van der Waals surface area contributed by atoms with Crippen LogP contribution in [-0.4, -0.2) is 18.2 Å². The van der Waals surface area contributed by atoms with Crippen LogP contribution in [0.15, 0.2) is 18.2 Å². The molecule has 1 aromatic carbocycles. The minimum absolute atomic E-state index is 0.184. The number of carbonyl (C=O) groups is 1. The van der Waals surface area contributed by atoms with Gasteiger partial charge in [-0.25, -0.2) is 8.78 Å². The number of carboxylic acids is 1. The van der Waals surface area contributed by atoms with Crippen LogP contribution >= 0.6 is 0 Å². The molecule has 19 heavy (non-hydrogen) atoms. The molecule has 0 atom stereocenters. The van der Waals surface area contributed by atoms with Crippen molar-refractivity contribution < 1.29 is 23.4 Å². The first kappa shape index (κ1) is 13.8. The Hall–Kier alpha value is -1.65. The van der Waals surface area contributed by atoms with Gasteiger partial charge in [0.1, 0.15) is 5.75 Å². The molecule has 1 fully saturated rings. The lowest BCUT2D eigenvalue weighted by molar-refractivity contribution is -0.147. The summed E-state index contributed by atoms with van der Waals surface area (Å²) in [6.07, 6.45) is 1.69. The van der Waals surface area contributed by atoms with Crippen LogP contribution in [-0.2, 0) is 16.1 Å². The molecule has 0 heterocycles. The summed E-state index contributed by atoms with van der Waals surface area (Å²) in [6.45, 7) is 0.798. The lowest BCUT2D eigenvalue weighted by Crippen LogP contribution is -2.42. The van der Waals surface area contributed by atoms with Crippen molar-refractivity contribution in [3.8, 4) is 5.75 Å². The van der Waals surface area contributed by atoms with Gasteiger partial charge in [0.05, 0.1) is 12.5 Å². The zero-order chi connectivity index (χ0) is 14.3. The van der Waals surface area contributed by atoms with Gasteiger partial charge in [-0.15, -0.1) is 0 Å². The average molecular weight is 270 g/mol. The normalized spacial score (nSPS) is 17.7. The zero-order valence-corrected chi connectivity index (χ0v) is 10.9. The Kier molecular flexibility index (Phi) is 3.24. The fraction of sp³-hybridized carbons (Fsp3) is 0.500. The van der Waals surface area contributed by atoms with Crippen LogP contribution in [0.4, 0.5) is 8.78 Å². The second kappa shape index (κ2) is 4.47. The maximum Gasteiger partial charge on any atom is 0.314 e. The average Bonchev–Trinajstić information content (AvgIpc) is 2.25. The van der Waals surface area contributed by atoms with Gasteiger partial charge in [0, 0.05) is 18.1 Å². The Morgan fingerprint density at radius 2 is 2.05 bits per heavy atom. The summed E-state index contributed by atoms with van der Waals surface area (Å²) in [7, 11) is 1.41. The van der Waals surface area contributed by atoms with Crippen LogP contribution in [0, 0.1) is 0 Å². The van der Waals surface area contributed by atoms with Crippen LogP contribution in [0.2, 0.25) is 0 Å². The first-order chi connectivity index (χ1) is 8.81. The molecule has 0 bridgehead atoms. The maximum absolute atomic E-state index is 13.4. The van der Waals surface area contributed by atoms with Gasteiger partial charge < -0.3 is 9.84 Å². The Labute approximate surface area is 110 Å². The molecule has 0 aliphatic heterocycles. The van der Waals surface area contributed by atoms with Crippen molar-refractivity contribution in [3.05, 3.63) is 29.3 Å². The van der Waals surface area contributed by atoms with Crippen molar-refractivity contribution in [1.82, 2.24) is 0 Å². The van der Waals surface area contributed by atoms with Gasteiger partial charge in [-0.1, -0.05) is 6.42 Å². The number of carboxylic acid groups (broad SMARTS) is 1. The van der Waals surface area contributed by atoms with E-state index in [2.05, 4.69) is 0 Å². The predicted octanol–water partition coefficient (Wildman–Crippen LogP) is 3.31. The number of halogens is 2. The Morgan fingerprint density at radius 3 is 2.42 bits per heavy atom. The quantitative estimate of drug-likeness (QED) is 0.913. The van der Waals surface area contributed by atoms with Crippen LogP contribution in [0.25, 0.3) is 0 Å². The van der Waals surface area contributed by atoms with Gasteiger partial charge in [0.25, 0.3) is 5.92 Å². The third kappa shape index (κ3) is 2.17. The van der Waals surface area contributed by atoms with E-state index in [0.29, 0.717) is 24.2 Å². The maximum atomic E-state index is 13.4. The summed E-state index contributed by atoms with van der Waals surface area (Å²) < 4.78 is 31.9. The first-order valence-corrected chi connectivity index (χ1v) is 6.11.